The normalized spacial score (nSPS) is 11.3. The van der Waals surface area contributed by atoms with Gasteiger partial charge in [-0.25, -0.2) is 8.78 Å². The van der Waals surface area contributed by atoms with E-state index in [0.717, 1.165) is 12.1 Å². The lowest BCUT2D eigenvalue weighted by molar-refractivity contribution is -0.147. The first kappa shape index (κ1) is 16.7. The van der Waals surface area contributed by atoms with Gasteiger partial charge in [0.25, 0.3) is 0 Å². The largest absolute Gasteiger partial charge is 0.465 e. The van der Waals surface area contributed by atoms with Crippen molar-refractivity contribution in [3.8, 4) is 0 Å². The molecule has 0 amide bonds. The number of hydrogen-bond donors (Lipinski definition) is 2. The zero-order chi connectivity index (χ0) is 17.2. The van der Waals surface area contributed by atoms with Crippen molar-refractivity contribution in [3.63, 3.8) is 0 Å². The molecule has 2 rings (SSSR count). The summed E-state index contributed by atoms with van der Waals surface area (Å²) < 4.78 is 32.8. The minimum Gasteiger partial charge on any atom is -0.465 e. The highest BCUT2D eigenvalue weighted by Gasteiger charge is 2.39. The Bertz CT molecular complexity index is 696. The van der Waals surface area contributed by atoms with Gasteiger partial charge in [-0.05, 0) is 49.2 Å². The van der Waals surface area contributed by atoms with Crippen molar-refractivity contribution in [2.75, 3.05) is 18.1 Å². The highest BCUT2D eigenvalue weighted by Crippen LogP contribution is 2.35. The molecule has 0 unspecified atom stereocenters. The van der Waals surface area contributed by atoms with Crippen LogP contribution in [0.15, 0.2) is 36.4 Å². The van der Waals surface area contributed by atoms with Crippen molar-refractivity contribution in [1.29, 1.82) is 0 Å². The monoisotopic (exact) mass is 320 g/mol. The molecular formula is C17H18F2N2O2. The first-order chi connectivity index (χ1) is 10.8. The van der Waals surface area contributed by atoms with Crippen LogP contribution in [-0.2, 0) is 14.9 Å². The van der Waals surface area contributed by atoms with Crippen LogP contribution in [0.3, 0.4) is 0 Å². The quantitative estimate of drug-likeness (QED) is 0.670. The lowest BCUT2D eigenvalue weighted by Gasteiger charge is -2.29. The second-order valence-electron chi connectivity index (χ2n) is 5.32. The van der Waals surface area contributed by atoms with Gasteiger partial charge < -0.3 is 16.2 Å². The minimum atomic E-state index is -1.39. The van der Waals surface area contributed by atoms with Gasteiger partial charge >= 0.3 is 5.97 Å². The van der Waals surface area contributed by atoms with E-state index < -0.39 is 23.0 Å². The Morgan fingerprint density at radius 3 is 1.83 bits per heavy atom. The van der Waals surface area contributed by atoms with Crippen LogP contribution in [0.25, 0.3) is 0 Å². The number of anilines is 2. The molecule has 122 valence electrons. The summed E-state index contributed by atoms with van der Waals surface area (Å²) in [6.07, 6.45) is 0. The number of carbonyl (C=O) groups is 1. The van der Waals surface area contributed by atoms with E-state index in [1.807, 2.05) is 0 Å². The van der Waals surface area contributed by atoms with Crippen molar-refractivity contribution in [2.24, 2.45) is 0 Å². The van der Waals surface area contributed by atoms with E-state index in [9.17, 15) is 13.6 Å². The molecule has 0 bridgehead atoms. The summed E-state index contributed by atoms with van der Waals surface area (Å²) in [4.78, 5) is 12.5. The molecule has 0 saturated heterocycles. The minimum absolute atomic E-state index is 0.0385. The smallest absolute Gasteiger partial charge is 0.320 e. The second kappa shape index (κ2) is 6.24. The second-order valence-corrected chi connectivity index (χ2v) is 5.32. The van der Waals surface area contributed by atoms with Crippen molar-refractivity contribution in [3.05, 3.63) is 59.2 Å². The predicted molar refractivity (Wildman–Crippen MR) is 84.7 cm³/mol. The van der Waals surface area contributed by atoms with Gasteiger partial charge in [0.05, 0.1) is 18.0 Å². The standard InChI is InChI=1S/C17H18F2N2O2/c1-3-23-16(22)17(2,10-4-6-14(20)12(18)8-10)11-5-7-15(21)13(19)9-11/h4-9H,3,20-21H2,1-2H3. The third-order valence-electron chi connectivity index (χ3n) is 3.84. The van der Waals surface area contributed by atoms with Gasteiger partial charge in [-0.3, -0.25) is 4.79 Å². The number of benzene rings is 2. The molecule has 2 aromatic rings. The lowest BCUT2D eigenvalue weighted by atomic mass is 9.76. The third kappa shape index (κ3) is 2.97. The Hall–Kier alpha value is -2.63. The molecule has 4 nitrogen and oxygen atoms in total. The van der Waals surface area contributed by atoms with E-state index in [-0.39, 0.29) is 18.0 Å². The van der Waals surface area contributed by atoms with Crippen molar-refractivity contribution in [1.82, 2.24) is 0 Å². The highest BCUT2D eigenvalue weighted by atomic mass is 19.1. The highest BCUT2D eigenvalue weighted by molar-refractivity contribution is 5.87. The first-order valence-electron chi connectivity index (χ1n) is 7.09. The number of ether oxygens (including phenoxy) is 1. The fourth-order valence-electron chi connectivity index (χ4n) is 2.35. The molecule has 0 radical (unpaired) electrons. The zero-order valence-electron chi connectivity index (χ0n) is 12.9. The maximum atomic E-state index is 13.8. The summed E-state index contributed by atoms with van der Waals surface area (Å²) in [5.41, 5.74) is 10.1. The number of carbonyl (C=O) groups excluding carboxylic acids is 1. The fourth-order valence-corrected chi connectivity index (χ4v) is 2.35. The lowest BCUT2D eigenvalue weighted by Crippen LogP contribution is -2.36. The number of halogens is 2. The summed E-state index contributed by atoms with van der Waals surface area (Å²) in [5, 5.41) is 0. The summed E-state index contributed by atoms with van der Waals surface area (Å²) in [6.45, 7) is 3.34. The van der Waals surface area contributed by atoms with Crippen LogP contribution in [-0.4, -0.2) is 12.6 Å². The predicted octanol–water partition coefficient (Wildman–Crippen LogP) is 3.00. The average Bonchev–Trinajstić information content (AvgIpc) is 2.52. The Morgan fingerprint density at radius 2 is 1.48 bits per heavy atom. The Kier molecular flexibility index (Phi) is 4.54. The van der Waals surface area contributed by atoms with Gasteiger partial charge in [0, 0.05) is 0 Å². The summed E-state index contributed by atoms with van der Waals surface area (Å²) in [5.74, 6) is -1.93. The molecule has 0 atom stereocenters. The molecule has 0 saturated carbocycles. The Balaban J connectivity index is 2.66. The van der Waals surface area contributed by atoms with Crippen LogP contribution < -0.4 is 11.5 Å². The van der Waals surface area contributed by atoms with Crippen LogP contribution in [0.5, 0.6) is 0 Å². The number of hydrogen-bond acceptors (Lipinski definition) is 4. The van der Waals surface area contributed by atoms with Gasteiger partial charge in [-0.15, -0.1) is 0 Å². The van der Waals surface area contributed by atoms with Gasteiger partial charge in [0.2, 0.25) is 0 Å². The molecule has 0 fully saturated rings. The van der Waals surface area contributed by atoms with Crippen LogP contribution in [0.2, 0.25) is 0 Å². The number of nitrogen functional groups attached to an aromatic ring is 2. The van der Waals surface area contributed by atoms with Crippen molar-refractivity contribution < 1.29 is 18.3 Å². The van der Waals surface area contributed by atoms with E-state index in [4.69, 9.17) is 16.2 Å². The number of esters is 1. The van der Waals surface area contributed by atoms with E-state index in [1.54, 1.807) is 13.8 Å². The molecule has 0 aliphatic carbocycles. The summed E-state index contributed by atoms with van der Waals surface area (Å²) in [7, 11) is 0. The van der Waals surface area contributed by atoms with Crippen LogP contribution in [0.1, 0.15) is 25.0 Å². The maximum absolute atomic E-state index is 13.8. The average molecular weight is 320 g/mol. The van der Waals surface area contributed by atoms with Crippen molar-refractivity contribution >= 4 is 17.3 Å². The molecular weight excluding hydrogens is 302 g/mol. The molecule has 6 heteroatoms. The first-order valence-corrected chi connectivity index (χ1v) is 7.09. The molecule has 0 aromatic heterocycles. The molecule has 4 N–H and O–H groups in total. The number of rotatable bonds is 4. The summed E-state index contributed by atoms with van der Waals surface area (Å²) >= 11 is 0. The SMILES string of the molecule is CCOC(=O)C(C)(c1ccc(N)c(F)c1)c1ccc(N)c(F)c1. The molecule has 0 spiro atoms. The topological polar surface area (TPSA) is 78.3 Å². The molecule has 0 aliphatic rings. The van der Waals surface area contributed by atoms with Gasteiger partial charge in [0.1, 0.15) is 17.0 Å². The molecule has 2 aromatic carbocycles. The third-order valence-corrected chi connectivity index (χ3v) is 3.84. The van der Waals surface area contributed by atoms with Crippen LogP contribution in [0, 0.1) is 11.6 Å². The van der Waals surface area contributed by atoms with E-state index >= 15 is 0 Å². The fraction of sp³-hybridized carbons (Fsp3) is 0.235. The molecule has 0 aliphatic heterocycles. The molecule has 0 heterocycles. The summed E-state index contributed by atoms with van der Waals surface area (Å²) in [6, 6.07) is 8.06. The van der Waals surface area contributed by atoms with Gasteiger partial charge in [-0.1, -0.05) is 12.1 Å². The van der Waals surface area contributed by atoms with E-state index in [1.165, 1.54) is 24.3 Å². The van der Waals surface area contributed by atoms with Crippen LogP contribution in [0.4, 0.5) is 20.2 Å². The van der Waals surface area contributed by atoms with Gasteiger partial charge in [-0.2, -0.15) is 0 Å². The maximum Gasteiger partial charge on any atom is 0.320 e. The number of nitrogens with two attached hydrogens (primary N) is 2. The Labute approximate surface area is 133 Å². The van der Waals surface area contributed by atoms with Gasteiger partial charge in [0.15, 0.2) is 0 Å². The Morgan fingerprint density at radius 1 is 1.04 bits per heavy atom. The van der Waals surface area contributed by atoms with E-state index in [2.05, 4.69) is 0 Å². The molecule has 23 heavy (non-hydrogen) atoms. The zero-order valence-corrected chi connectivity index (χ0v) is 12.9. The van der Waals surface area contributed by atoms with E-state index in [0.29, 0.717) is 11.1 Å². The van der Waals surface area contributed by atoms with Crippen LogP contribution >= 0.6 is 0 Å². The van der Waals surface area contributed by atoms with Crippen molar-refractivity contribution in [2.45, 2.75) is 19.3 Å².